The molecule has 0 atom stereocenters. The molecule has 92 valence electrons. The van der Waals surface area contributed by atoms with Gasteiger partial charge in [-0.15, -0.1) is 0 Å². The number of β-amino-alcohol motifs (C(OH)–C–C–N with tert-alkyl or cyclic N) is 1. The van der Waals surface area contributed by atoms with E-state index in [1.165, 1.54) is 0 Å². The summed E-state index contributed by atoms with van der Waals surface area (Å²) in [7, 11) is 0. The molecule has 1 aliphatic heterocycles. The minimum atomic E-state index is -0.695. The number of aliphatic hydroxyl groups is 1. The van der Waals surface area contributed by atoms with E-state index in [4.69, 9.17) is 11.6 Å². The van der Waals surface area contributed by atoms with Crippen molar-refractivity contribution in [1.82, 2.24) is 4.90 Å². The van der Waals surface area contributed by atoms with Crippen LogP contribution in [0.25, 0.3) is 0 Å². The lowest BCUT2D eigenvalue weighted by Gasteiger charge is -2.46. The molecule has 1 aromatic rings. The van der Waals surface area contributed by atoms with Crippen LogP contribution in [0.15, 0.2) is 22.7 Å². The summed E-state index contributed by atoms with van der Waals surface area (Å²) in [5, 5.41) is 10.4. The predicted octanol–water partition coefficient (Wildman–Crippen LogP) is 2.70. The third-order valence-electron chi connectivity index (χ3n) is 3.08. The smallest absolute Gasteiger partial charge is 0.254 e. The molecular formula is C12H13BrClNO2. The molecule has 5 heteroatoms. The molecule has 0 aromatic heterocycles. The second kappa shape index (κ2) is 4.59. The van der Waals surface area contributed by atoms with E-state index >= 15 is 0 Å². The Morgan fingerprint density at radius 2 is 2.24 bits per heavy atom. The second-order valence-electron chi connectivity index (χ2n) is 4.37. The van der Waals surface area contributed by atoms with Gasteiger partial charge in [-0.2, -0.15) is 0 Å². The Morgan fingerprint density at radius 3 is 2.76 bits per heavy atom. The van der Waals surface area contributed by atoms with Gasteiger partial charge in [0.25, 0.3) is 5.91 Å². The molecule has 0 spiro atoms. The molecule has 1 fully saturated rings. The standard InChI is InChI=1S/C12H13BrClNO2/c1-2-12(17)6-15(7-12)11(16)8-3-4-10(14)9(13)5-8/h3-5,17H,2,6-7H2,1H3. The number of hydrogen-bond donors (Lipinski definition) is 1. The van der Waals surface area contributed by atoms with Crippen LogP contribution in [0, 0.1) is 0 Å². The number of amides is 1. The number of benzene rings is 1. The Hall–Kier alpha value is -0.580. The zero-order valence-corrected chi connectivity index (χ0v) is 11.8. The van der Waals surface area contributed by atoms with Crippen LogP contribution in [-0.4, -0.2) is 34.6 Å². The monoisotopic (exact) mass is 317 g/mol. The fourth-order valence-corrected chi connectivity index (χ4v) is 2.34. The lowest BCUT2D eigenvalue weighted by Crippen LogP contribution is -2.63. The number of halogens is 2. The summed E-state index contributed by atoms with van der Waals surface area (Å²) in [6.07, 6.45) is 0.668. The highest BCUT2D eigenvalue weighted by Crippen LogP contribution is 2.28. The first-order valence-electron chi connectivity index (χ1n) is 5.42. The largest absolute Gasteiger partial charge is 0.386 e. The summed E-state index contributed by atoms with van der Waals surface area (Å²) in [5.41, 5.74) is -0.112. The highest BCUT2D eigenvalue weighted by Gasteiger charge is 2.42. The molecule has 1 aliphatic rings. The first kappa shape index (κ1) is 12.9. The molecule has 1 N–H and O–H groups in total. The first-order chi connectivity index (χ1) is 7.95. The van der Waals surface area contributed by atoms with Crippen molar-refractivity contribution in [3.05, 3.63) is 33.3 Å². The summed E-state index contributed by atoms with van der Waals surface area (Å²) >= 11 is 9.16. The quantitative estimate of drug-likeness (QED) is 0.911. The van der Waals surface area contributed by atoms with Crippen LogP contribution in [0.1, 0.15) is 23.7 Å². The molecular weight excluding hydrogens is 305 g/mol. The number of carbonyl (C=O) groups is 1. The minimum absolute atomic E-state index is 0.0690. The van der Waals surface area contributed by atoms with Gasteiger partial charge in [0.15, 0.2) is 0 Å². The van der Waals surface area contributed by atoms with Gasteiger partial charge in [-0.25, -0.2) is 0 Å². The Labute approximate surface area is 114 Å². The fraction of sp³-hybridized carbons (Fsp3) is 0.417. The average molecular weight is 319 g/mol. The van der Waals surface area contributed by atoms with Gasteiger partial charge in [0, 0.05) is 10.0 Å². The molecule has 0 unspecified atom stereocenters. The maximum Gasteiger partial charge on any atom is 0.254 e. The molecule has 1 heterocycles. The Bertz CT molecular complexity index is 458. The zero-order valence-electron chi connectivity index (χ0n) is 9.41. The van der Waals surface area contributed by atoms with Gasteiger partial charge >= 0.3 is 0 Å². The van der Waals surface area contributed by atoms with Gasteiger partial charge in [-0.05, 0) is 40.5 Å². The molecule has 0 aliphatic carbocycles. The lowest BCUT2D eigenvalue weighted by atomic mass is 9.90. The molecule has 0 radical (unpaired) electrons. The van der Waals surface area contributed by atoms with Crippen molar-refractivity contribution in [3.63, 3.8) is 0 Å². The molecule has 2 rings (SSSR count). The summed E-state index contributed by atoms with van der Waals surface area (Å²) in [6, 6.07) is 5.08. The normalized spacial score (nSPS) is 17.8. The molecule has 3 nitrogen and oxygen atoms in total. The molecule has 0 bridgehead atoms. The van der Waals surface area contributed by atoms with E-state index in [0.29, 0.717) is 34.6 Å². The number of carbonyl (C=O) groups excluding carboxylic acids is 1. The Kier molecular flexibility index (Phi) is 3.48. The van der Waals surface area contributed by atoms with Crippen LogP contribution in [0.3, 0.4) is 0 Å². The van der Waals surface area contributed by atoms with Crippen molar-refractivity contribution in [3.8, 4) is 0 Å². The van der Waals surface area contributed by atoms with Crippen molar-refractivity contribution < 1.29 is 9.90 Å². The van der Waals surface area contributed by atoms with E-state index in [9.17, 15) is 9.90 Å². The molecule has 0 saturated carbocycles. The van der Waals surface area contributed by atoms with Crippen LogP contribution >= 0.6 is 27.5 Å². The first-order valence-corrected chi connectivity index (χ1v) is 6.59. The Morgan fingerprint density at radius 1 is 1.59 bits per heavy atom. The van der Waals surface area contributed by atoms with Crippen LogP contribution in [0.2, 0.25) is 5.02 Å². The van der Waals surface area contributed by atoms with Gasteiger partial charge in [0.05, 0.1) is 23.7 Å². The lowest BCUT2D eigenvalue weighted by molar-refractivity contribution is -0.0826. The molecule has 1 saturated heterocycles. The predicted molar refractivity (Wildman–Crippen MR) is 70.3 cm³/mol. The van der Waals surface area contributed by atoms with Crippen LogP contribution in [0.5, 0.6) is 0 Å². The van der Waals surface area contributed by atoms with Crippen molar-refractivity contribution >= 4 is 33.4 Å². The number of hydrogen-bond acceptors (Lipinski definition) is 2. The zero-order chi connectivity index (χ0) is 12.6. The molecule has 1 aromatic carbocycles. The highest BCUT2D eigenvalue weighted by atomic mass is 79.9. The summed E-state index contributed by atoms with van der Waals surface area (Å²) in [6.45, 7) is 2.73. The van der Waals surface area contributed by atoms with E-state index in [2.05, 4.69) is 15.9 Å². The maximum absolute atomic E-state index is 12.0. The van der Waals surface area contributed by atoms with Gasteiger partial charge in [-0.1, -0.05) is 18.5 Å². The summed E-state index contributed by atoms with van der Waals surface area (Å²) < 4.78 is 0.705. The van der Waals surface area contributed by atoms with E-state index < -0.39 is 5.60 Å². The molecule has 17 heavy (non-hydrogen) atoms. The third kappa shape index (κ3) is 2.49. The van der Waals surface area contributed by atoms with Gasteiger partial charge in [-0.3, -0.25) is 4.79 Å². The average Bonchev–Trinajstić information content (AvgIpc) is 2.27. The maximum atomic E-state index is 12.0. The van der Waals surface area contributed by atoms with Crippen molar-refractivity contribution in [1.29, 1.82) is 0 Å². The van der Waals surface area contributed by atoms with E-state index in [0.717, 1.165) is 0 Å². The van der Waals surface area contributed by atoms with Crippen LogP contribution in [-0.2, 0) is 0 Å². The van der Waals surface area contributed by atoms with Crippen LogP contribution in [0.4, 0.5) is 0 Å². The van der Waals surface area contributed by atoms with Crippen molar-refractivity contribution in [2.75, 3.05) is 13.1 Å². The molecule has 1 amide bonds. The number of nitrogens with zero attached hydrogens (tertiary/aromatic N) is 1. The van der Waals surface area contributed by atoms with Gasteiger partial charge in [0.2, 0.25) is 0 Å². The van der Waals surface area contributed by atoms with E-state index in [1.54, 1.807) is 23.1 Å². The van der Waals surface area contributed by atoms with Crippen molar-refractivity contribution in [2.24, 2.45) is 0 Å². The van der Waals surface area contributed by atoms with Crippen LogP contribution < -0.4 is 0 Å². The fourth-order valence-electron chi connectivity index (χ4n) is 1.84. The van der Waals surface area contributed by atoms with Gasteiger partial charge in [0.1, 0.15) is 0 Å². The second-order valence-corrected chi connectivity index (χ2v) is 5.63. The Balaban J connectivity index is 2.09. The van der Waals surface area contributed by atoms with Crippen molar-refractivity contribution in [2.45, 2.75) is 18.9 Å². The third-order valence-corrected chi connectivity index (χ3v) is 4.30. The van der Waals surface area contributed by atoms with E-state index in [1.807, 2.05) is 6.92 Å². The summed E-state index contributed by atoms with van der Waals surface area (Å²) in [4.78, 5) is 13.7. The SMILES string of the molecule is CCC1(O)CN(C(=O)c2ccc(Cl)c(Br)c2)C1. The summed E-state index contributed by atoms with van der Waals surface area (Å²) in [5.74, 6) is -0.0690. The topological polar surface area (TPSA) is 40.5 Å². The number of rotatable bonds is 2. The van der Waals surface area contributed by atoms with Gasteiger partial charge < -0.3 is 10.0 Å². The van der Waals surface area contributed by atoms with E-state index in [-0.39, 0.29) is 5.91 Å². The highest BCUT2D eigenvalue weighted by molar-refractivity contribution is 9.10. The minimum Gasteiger partial charge on any atom is -0.386 e. The number of likely N-dealkylation sites (tertiary alicyclic amines) is 1.